The molecule has 244 valence electrons. The van der Waals surface area contributed by atoms with E-state index in [-0.39, 0.29) is 24.3 Å². The summed E-state index contributed by atoms with van der Waals surface area (Å²) in [5.41, 5.74) is 0.858. The topological polar surface area (TPSA) is 136 Å². The SMILES string of the molecule is CNC(=O)COCCCOCCCCOCCCOc1ccc(Nc2ncc(I)c(NCCN(C)C(=O)C3CCC3)n2)cc1. The van der Waals surface area contributed by atoms with E-state index in [1.54, 1.807) is 18.1 Å². The zero-order chi connectivity index (χ0) is 31.4. The van der Waals surface area contributed by atoms with Gasteiger partial charge < -0.3 is 39.8 Å². The van der Waals surface area contributed by atoms with Crippen molar-refractivity contribution in [2.75, 3.05) is 84.1 Å². The lowest BCUT2D eigenvalue weighted by atomic mass is 9.84. The average Bonchev–Trinajstić information content (AvgIpc) is 3.00. The Morgan fingerprint density at radius 3 is 2.27 bits per heavy atom. The van der Waals surface area contributed by atoms with E-state index in [1.807, 2.05) is 31.3 Å². The first-order valence-corrected chi connectivity index (χ1v) is 16.5. The van der Waals surface area contributed by atoms with Gasteiger partial charge in [-0.3, -0.25) is 9.59 Å². The molecule has 2 aromatic rings. The molecule has 0 aliphatic heterocycles. The van der Waals surface area contributed by atoms with Crippen molar-refractivity contribution in [1.29, 1.82) is 0 Å². The Morgan fingerprint density at radius 2 is 1.61 bits per heavy atom. The Hall–Kier alpha value is -2.75. The molecule has 3 N–H and O–H groups in total. The first kappa shape index (κ1) is 35.7. The zero-order valence-electron chi connectivity index (χ0n) is 25.9. The third kappa shape index (κ3) is 13.9. The molecule has 0 saturated heterocycles. The fourth-order valence-electron chi connectivity index (χ4n) is 4.20. The number of nitrogens with one attached hydrogen (secondary N) is 3. The normalized spacial score (nSPS) is 12.8. The highest BCUT2D eigenvalue weighted by atomic mass is 127. The Morgan fingerprint density at radius 1 is 0.955 bits per heavy atom. The van der Waals surface area contributed by atoms with E-state index in [4.69, 9.17) is 18.9 Å². The lowest BCUT2D eigenvalue weighted by Crippen LogP contribution is -2.38. The summed E-state index contributed by atoms with van der Waals surface area (Å²) in [7, 11) is 3.45. The summed E-state index contributed by atoms with van der Waals surface area (Å²) < 4.78 is 23.2. The summed E-state index contributed by atoms with van der Waals surface area (Å²) in [6, 6.07) is 7.69. The van der Waals surface area contributed by atoms with Crippen LogP contribution in [0, 0.1) is 9.49 Å². The Labute approximate surface area is 274 Å². The first-order chi connectivity index (χ1) is 21.5. The van der Waals surface area contributed by atoms with E-state index in [0.29, 0.717) is 58.7 Å². The molecule has 0 atom stereocenters. The fraction of sp³-hybridized carbons (Fsp3) is 0.613. The van der Waals surface area contributed by atoms with Crippen LogP contribution in [0.5, 0.6) is 5.75 Å². The van der Waals surface area contributed by atoms with E-state index in [1.165, 1.54) is 0 Å². The third-order valence-electron chi connectivity index (χ3n) is 7.04. The molecule has 0 unspecified atom stereocenters. The molecule has 13 heteroatoms. The minimum Gasteiger partial charge on any atom is -0.494 e. The van der Waals surface area contributed by atoms with Crippen molar-refractivity contribution in [3.8, 4) is 5.75 Å². The Bertz CT molecular complexity index is 1120. The lowest BCUT2D eigenvalue weighted by Gasteiger charge is -2.29. The number of halogens is 1. The molecular formula is C31H47IN6O6. The van der Waals surface area contributed by atoms with Crippen molar-refractivity contribution in [1.82, 2.24) is 20.2 Å². The van der Waals surface area contributed by atoms with Crippen LogP contribution < -0.4 is 20.7 Å². The minimum absolute atomic E-state index is 0.0950. The second kappa shape index (κ2) is 21.1. The Balaban J connectivity index is 1.21. The number of hydrogen-bond donors (Lipinski definition) is 3. The van der Waals surface area contributed by atoms with E-state index in [0.717, 1.165) is 65.8 Å². The summed E-state index contributed by atoms with van der Waals surface area (Å²) in [6.07, 6.45) is 8.43. The summed E-state index contributed by atoms with van der Waals surface area (Å²) in [4.78, 5) is 34.2. The van der Waals surface area contributed by atoms with Gasteiger partial charge in [0.2, 0.25) is 17.8 Å². The number of carbonyl (C=O) groups is 2. The predicted octanol–water partition coefficient (Wildman–Crippen LogP) is 4.23. The molecule has 0 radical (unpaired) electrons. The predicted molar refractivity (Wildman–Crippen MR) is 178 cm³/mol. The molecule has 1 aliphatic rings. The maximum atomic E-state index is 12.3. The van der Waals surface area contributed by atoms with E-state index < -0.39 is 0 Å². The molecule has 1 heterocycles. The molecule has 1 aromatic heterocycles. The van der Waals surface area contributed by atoms with Crippen LogP contribution in [-0.2, 0) is 23.8 Å². The molecule has 0 spiro atoms. The fourth-order valence-corrected chi connectivity index (χ4v) is 4.65. The van der Waals surface area contributed by atoms with Gasteiger partial charge in [-0.05, 0) is 79.0 Å². The third-order valence-corrected chi connectivity index (χ3v) is 7.83. The van der Waals surface area contributed by atoms with Crippen molar-refractivity contribution >= 4 is 51.9 Å². The van der Waals surface area contributed by atoms with Crippen LogP contribution in [0.4, 0.5) is 17.5 Å². The largest absolute Gasteiger partial charge is 0.494 e. The van der Waals surface area contributed by atoms with Crippen LogP contribution >= 0.6 is 22.6 Å². The highest BCUT2D eigenvalue weighted by Crippen LogP contribution is 2.28. The average molecular weight is 727 g/mol. The highest BCUT2D eigenvalue weighted by molar-refractivity contribution is 14.1. The number of ether oxygens (including phenoxy) is 4. The van der Waals surface area contributed by atoms with Gasteiger partial charge in [0.15, 0.2) is 0 Å². The van der Waals surface area contributed by atoms with Crippen LogP contribution in [0.1, 0.15) is 44.9 Å². The number of hydrogen-bond acceptors (Lipinski definition) is 10. The number of nitrogens with zero attached hydrogens (tertiary/aromatic N) is 3. The second-order valence-corrected chi connectivity index (χ2v) is 11.7. The van der Waals surface area contributed by atoms with Crippen molar-refractivity contribution in [3.05, 3.63) is 34.0 Å². The van der Waals surface area contributed by atoms with Crippen molar-refractivity contribution in [2.24, 2.45) is 5.92 Å². The van der Waals surface area contributed by atoms with Gasteiger partial charge in [0.1, 0.15) is 18.2 Å². The van der Waals surface area contributed by atoms with Gasteiger partial charge in [-0.2, -0.15) is 4.98 Å². The van der Waals surface area contributed by atoms with Crippen molar-refractivity contribution in [2.45, 2.75) is 44.9 Å². The molecule has 12 nitrogen and oxygen atoms in total. The second-order valence-electron chi connectivity index (χ2n) is 10.6. The molecular weight excluding hydrogens is 679 g/mol. The van der Waals surface area contributed by atoms with Gasteiger partial charge in [0, 0.05) is 84.4 Å². The number of benzene rings is 1. The minimum atomic E-state index is -0.118. The van der Waals surface area contributed by atoms with Gasteiger partial charge in [-0.15, -0.1) is 0 Å². The van der Waals surface area contributed by atoms with Crippen LogP contribution in [0.2, 0.25) is 0 Å². The zero-order valence-corrected chi connectivity index (χ0v) is 28.1. The summed E-state index contributed by atoms with van der Waals surface area (Å²) in [6.45, 7) is 5.12. The van der Waals surface area contributed by atoms with Crippen LogP contribution in [0.25, 0.3) is 0 Å². The summed E-state index contributed by atoms with van der Waals surface area (Å²) in [5, 5.41) is 9.08. The number of aromatic nitrogens is 2. The highest BCUT2D eigenvalue weighted by Gasteiger charge is 2.27. The van der Waals surface area contributed by atoms with E-state index in [9.17, 15) is 9.59 Å². The standard InChI is InChI=1S/C31H47IN6O6/c1-33-28(39)23-43-20-6-18-41-16-3-4-17-42-19-7-21-44-26-12-10-25(11-13-26)36-31-35-22-27(32)29(37-31)34-14-15-38(2)30(40)24-8-5-9-24/h10-13,22,24H,3-9,14-21,23H2,1-2H3,(H,33,39)(H2,34,35,36,37). The molecule has 44 heavy (non-hydrogen) atoms. The molecule has 1 fully saturated rings. The molecule has 3 rings (SSSR count). The van der Waals surface area contributed by atoms with Crippen LogP contribution in [0.15, 0.2) is 30.5 Å². The van der Waals surface area contributed by atoms with Gasteiger partial charge >= 0.3 is 0 Å². The van der Waals surface area contributed by atoms with Gasteiger partial charge in [-0.1, -0.05) is 6.42 Å². The van der Waals surface area contributed by atoms with Crippen molar-refractivity contribution in [3.63, 3.8) is 0 Å². The van der Waals surface area contributed by atoms with Crippen LogP contribution in [-0.4, -0.2) is 100 Å². The van der Waals surface area contributed by atoms with E-state index >= 15 is 0 Å². The molecule has 1 saturated carbocycles. The number of likely N-dealkylation sites (N-methyl/N-ethyl adjacent to an activating group) is 2. The Kier molecular flexibility index (Phi) is 17.1. The number of unbranched alkanes of at least 4 members (excludes halogenated alkanes) is 1. The van der Waals surface area contributed by atoms with Crippen LogP contribution in [0.3, 0.4) is 0 Å². The van der Waals surface area contributed by atoms with E-state index in [2.05, 4.69) is 48.5 Å². The molecule has 2 amide bonds. The number of anilines is 3. The number of amides is 2. The maximum absolute atomic E-state index is 12.3. The monoisotopic (exact) mass is 726 g/mol. The van der Waals surface area contributed by atoms with Gasteiger partial charge in [0.25, 0.3) is 0 Å². The molecule has 1 aliphatic carbocycles. The number of carbonyl (C=O) groups excluding carboxylic acids is 2. The first-order valence-electron chi connectivity index (χ1n) is 15.4. The van der Waals surface area contributed by atoms with Gasteiger partial charge in [-0.25, -0.2) is 4.98 Å². The number of rotatable bonds is 23. The quantitative estimate of drug-likeness (QED) is 0.113. The smallest absolute Gasteiger partial charge is 0.245 e. The van der Waals surface area contributed by atoms with Gasteiger partial charge in [0.05, 0.1) is 10.2 Å². The molecule has 0 bridgehead atoms. The van der Waals surface area contributed by atoms with Crippen molar-refractivity contribution < 1.29 is 28.5 Å². The summed E-state index contributed by atoms with van der Waals surface area (Å²) >= 11 is 2.21. The summed E-state index contributed by atoms with van der Waals surface area (Å²) in [5.74, 6) is 2.35. The maximum Gasteiger partial charge on any atom is 0.245 e. The molecule has 1 aromatic carbocycles. The lowest BCUT2D eigenvalue weighted by molar-refractivity contribution is -0.136.